The fraction of sp³-hybridized carbons (Fsp3) is 0.133. The molecule has 0 fully saturated rings. The van der Waals surface area contributed by atoms with Crippen molar-refractivity contribution in [2.24, 2.45) is 0 Å². The largest absolute Gasteiger partial charge is 0.478 e. The van der Waals surface area contributed by atoms with E-state index in [0.717, 1.165) is 4.90 Å². The molecule has 0 bridgehead atoms. The first-order valence-corrected chi connectivity index (χ1v) is 6.98. The molecule has 1 N–H and O–H groups in total. The van der Waals surface area contributed by atoms with E-state index in [-0.39, 0.29) is 11.5 Å². The highest BCUT2D eigenvalue weighted by molar-refractivity contribution is 7.99. The van der Waals surface area contributed by atoms with Crippen molar-refractivity contribution in [3.63, 3.8) is 0 Å². The van der Waals surface area contributed by atoms with E-state index in [1.807, 2.05) is 6.07 Å². The van der Waals surface area contributed by atoms with Gasteiger partial charge in [-0.25, -0.2) is 9.78 Å². The number of carboxylic acid groups (broad SMARTS) is 1. The average Bonchev–Trinajstić information content (AvgIpc) is 2.47. The number of carbonyl (C=O) groups is 2. The van der Waals surface area contributed by atoms with E-state index >= 15 is 0 Å². The summed E-state index contributed by atoms with van der Waals surface area (Å²) >= 11 is 1.35. The topological polar surface area (TPSA) is 70.5 Å². The number of amides is 1. The second-order valence-electron chi connectivity index (χ2n) is 4.52. The molecule has 1 amide bonds. The van der Waals surface area contributed by atoms with E-state index < -0.39 is 5.97 Å². The molecular formula is C15H14N2O3S. The molecule has 1 aromatic heterocycles. The SMILES string of the molecule is CN(C)C(=O)c1ccc(Sc2cccc(C(=O)O)c2)nc1. The summed E-state index contributed by atoms with van der Waals surface area (Å²) in [6.45, 7) is 0. The van der Waals surface area contributed by atoms with E-state index in [9.17, 15) is 9.59 Å². The van der Waals surface area contributed by atoms with Crippen molar-refractivity contribution in [1.82, 2.24) is 9.88 Å². The van der Waals surface area contributed by atoms with Crippen LogP contribution in [0.15, 0.2) is 52.5 Å². The van der Waals surface area contributed by atoms with Gasteiger partial charge in [0.25, 0.3) is 5.91 Å². The molecule has 5 nitrogen and oxygen atoms in total. The van der Waals surface area contributed by atoms with Gasteiger partial charge in [-0.05, 0) is 30.3 Å². The van der Waals surface area contributed by atoms with Crippen molar-refractivity contribution in [3.05, 3.63) is 53.7 Å². The van der Waals surface area contributed by atoms with E-state index in [0.29, 0.717) is 10.6 Å². The van der Waals surface area contributed by atoms with Crippen LogP contribution in [0.1, 0.15) is 20.7 Å². The van der Waals surface area contributed by atoms with Crippen molar-refractivity contribution in [3.8, 4) is 0 Å². The van der Waals surface area contributed by atoms with Gasteiger partial charge in [0.1, 0.15) is 5.03 Å². The molecule has 0 spiro atoms. The van der Waals surface area contributed by atoms with Gasteiger partial charge in [-0.1, -0.05) is 17.8 Å². The Morgan fingerprint density at radius 3 is 2.48 bits per heavy atom. The zero-order chi connectivity index (χ0) is 15.4. The van der Waals surface area contributed by atoms with Gasteiger partial charge in [0.2, 0.25) is 0 Å². The number of aromatic carboxylic acids is 1. The fourth-order valence-electron chi connectivity index (χ4n) is 1.64. The Hall–Kier alpha value is -2.34. The number of benzene rings is 1. The van der Waals surface area contributed by atoms with E-state index in [1.165, 1.54) is 22.9 Å². The Kier molecular flexibility index (Phi) is 4.59. The van der Waals surface area contributed by atoms with Crippen molar-refractivity contribution >= 4 is 23.6 Å². The Morgan fingerprint density at radius 1 is 1.14 bits per heavy atom. The van der Waals surface area contributed by atoms with Crippen LogP contribution >= 0.6 is 11.8 Å². The summed E-state index contributed by atoms with van der Waals surface area (Å²) in [5, 5.41) is 9.66. The molecule has 0 atom stereocenters. The van der Waals surface area contributed by atoms with Crippen LogP contribution in [0.25, 0.3) is 0 Å². The van der Waals surface area contributed by atoms with Crippen LogP contribution in [-0.4, -0.2) is 41.0 Å². The molecule has 6 heteroatoms. The molecule has 0 aliphatic rings. The fourth-order valence-corrected chi connectivity index (χ4v) is 2.45. The molecule has 1 aromatic carbocycles. The maximum Gasteiger partial charge on any atom is 0.335 e. The number of hydrogen-bond acceptors (Lipinski definition) is 4. The number of nitrogens with zero attached hydrogens (tertiary/aromatic N) is 2. The number of pyridine rings is 1. The number of rotatable bonds is 4. The molecule has 108 valence electrons. The van der Waals surface area contributed by atoms with Gasteiger partial charge in [0, 0.05) is 25.2 Å². The highest BCUT2D eigenvalue weighted by Gasteiger charge is 2.09. The molecule has 21 heavy (non-hydrogen) atoms. The van der Waals surface area contributed by atoms with E-state index in [2.05, 4.69) is 4.98 Å². The minimum Gasteiger partial charge on any atom is -0.478 e. The van der Waals surface area contributed by atoms with E-state index in [4.69, 9.17) is 5.11 Å². The third-order valence-electron chi connectivity index (χ3n) is 2.69. The molecule has 0 saturated carbocycles. The smallest absolute Gasteiger partial charge is 0.335 e. The Bertz CT molecular complexity index is 669. The van der Waals surface area contributed by atoms with Crippen LogP contribution in [0.5, 0.6) is 0 Å². The zero-order valence-electron chi connectivity index (χ0n) is 11.6. The van der Waals surface area contributed by atoms with Gasteiger partial charge < -0.3 is 10.0 Å². The first kappa shape index (κ1) is 15.1. The minimum atomic E-state index is -0.961. The number of aromatic nitrogens is 1. The molecule has 2 aromatic rings. The second kappa shape index (κ2) is 6.41. The highest BCUT2D eigenvalue weighted by atomic mass is 32.2. The lowest BCUT2D eigenvalue weighted by Crippen LogP contribution is -2.21. The molecule has 0 radical (unpaired) electrons. The molecule has 1 heterocycles. The van der Waals surface area contributed by atoms with Gasteiger partial charge >= 0.3 is 5.97 Å². The van der Waals surface area contributed by atoms with Crippen LogP contribution < -0.4 is 0 Å². The molecular weight excluding hydrogens is 288 g/mol. The maximum atomic E-state index is 11.7. The van der Waals surface area contributed by atoms with Crippen LogP contribution in [0.2, 0.25) is 0 Å². The molecule has 0 unspecified atom stereocenters. The molecule has 2 rings (SSSR count). The maximum absolute atomic E-state index is 11.7. The van der Waals surface area contributed by atoms with E-state index in [1.54, 1.807) is 44.4 Å². The van der Waals surface area contributed by atoms with Crippen molar-refractivity contribution < 1.29 is 14.7 Å². The average molecular weight is 302 g/mol. The lowest BCUT2D eigenvalue weighted by molar-refractivity contribution is 0.0696. The molecule has 0 saturated heterocycles. The van der Waals surface area contributed by atoms with Crippen LogP contribution in [0.4, 0.5) is 0 Å². The Balaban J connectivity index is 2.15. The Labute approximate surface area is 126 Å². The number of hydrogen-bond donors (Lipinski definition) is 1. The van der Waals surface area contributed by atoms with Crippen molar-refractivity contribution in [2.75, 3.05) is 14.1 Å². The number of carbonyl (C=O) groups excluding carboxylic acids is 1. The monoisotopic (exact) mass is 302 g/mol. The van der Waals surface area contributed by atoms with Gasteiger partial charge in [-0.3, -0.25) is 4.79 Å². The summed E-state index contributed by atoms with van der Waals surface area (Å²) in [4.78, 5) is 29.2. The van der Waals surface area contributed by atoms with Gasteiger partial charge in [0.15, 0.2) is 0 Å². The Morgan fingerprint density at radius 2 is 1.90 bits per heavy atom. The second-order valence-corrected chi connectivity index (χ2v) is 5.61. The summed E-state index contributed by atoms with van der Waals surface area (Å²) < 4.78 is 0. The highest BCUT2D eigenvalue weighted by Crippen LogP contribution is 2.26. The summed E-state index contributed by atoms with van der Waals surface area (Å²) in [7, 11) is 3.37. The summed E-state index contributed by atoms with van der Waals surface area (Å²) in [5.74, 6) is -1.07. The molecule has 0 aliphatic heterocycles. The van der Waals surface area contributed by atoms with Crippen LogP contribution in [0, 0.1) is 0 Å². The third kappa shape index (κ3) is 3.82. The minimum absolute atomic E-state index is 0.105. The van der Waals surface area contributed by atoms with Crippen molar-refractivity contribution in [1.29, 1.82) is 0 Å². The lowest BCUT2D eigenvalue weighted by Gasteiger charge is -2.10. The third-order valence-corrected chi connectivity index (χ3v) is 3.63. The predicted octanol–water partition coefficient (Wildman–Crippen LogP) is 2.63. The zero-order valence-corrected chi connectivity index (χ0v) is 12.4. The van der Waals surface area contributed by atoms with Crippen LogP contribution in [0.3, 0.4) is 0 Å². The standard InChI is InChI=1S/C15H14N2O3S/c1-17(2)14(18)11-6-7-13(16-9-11)21-12-5-3-4-10(8-12)15(19)20/h3-9H,1-2H3,(H,19,20). The first-order valence-electron chi connectivity index (χ1n) is 6.16. The van der Waals surface area contributed by atoms with Crippen molar-refractivity contribution in [2.45, 2.75) is 9.92 Å². The summed E-state index contributed by atoms with van der Waals surface area (Å²) in [6, 6.07) is 10.1. The van der Waals surface area contributed by atoms with Gasteiger partial charge in [0.05, 0.1) is 11.1 Å². The summed E-state index contributed by atoms with van der Waals surface area (Å²) in [6.07, 6.45) is 1.52. The lowest BCUT2D eigenvalue weighted by atomic mass is 10.2. The first-order chi connectivity index (χ1) is 9.97. The predicted molar refractivity (Wildman–Crippen MR) is 79.8 cm³/mol. The van der Waals surface area contributed by atoms with Gasteiger partial charge in [-0.2, -0.15) is 0 Å². The number of carboxylic acids is 1. The van der Waals surface area contributed by atoms with Crippen LogP contribution in [-0.2, 0) is 0 Å². The van der Waals surface area contributed by atoms with Gasteiger partial charge in [-0.15, -0.1) is 0 Å². The molecule has 0 aliphatic carbocycles. The quantitative estimate of drug-likeness (QED) is 0.940. The summed E-state index contributed by atoms with van der Waals surface area (Å²) in [5.41, 5.74) is 0.753. The normalized spacial score (nSPS) is 10.2.